The molecule has 1 fully saturated rings. The maximum atomic E-state index is 3.39. The van der Waals surface area contributed by atoms with Crippen LogP contribution in [-0.4, -0.2) is 37.6 Å². The molecule has 2 atom stereocenters. The summed E-state index contributed by atoms with van der Waals surface area (Å²) in [6.45, 7) is 8.31. The molecule has 0 aromatic carbocycles. The van der Waals surface area contributed by atoms with Gasteiger partial charge in [-0.25, -0.2) is 0 Å². The molecule has 0 spiro atoms. The summed E-state index contributed by atoms with van der Waals surface area (Å²) in [5.74, 6) is 0.913. The van der Waals surface area contributed by atoms with Crippen LogP contribution in [-0.2, 0) is 0 Å². The molecule has 0 aromatic heterocycles. The highest BCUT2D eigenvalue weighted by Crippen LogP contribution is 2.18. The summed E-state index contributed by atoms with van der Waals surface area (Å²) in [5.41, 5.74) is 0. The highest BCUT2D eigenvalue weighted by molar-refractivity contribution is 4.81. The fourth-order valence-corrected chi connectivity index (χ4v) is 2.07. The Morgan fingerprint density at radius 3 is 2.58 bits per heavy atom. The molecule has 0 saturated carbocycles. The smallest absolute Gasteiger partial charge is 0.0195 e. The van der Waals surface area contributed by atoms with Gasteiger partial charge in [-0.3, -0.25) is 0 Å². The van der Waals surface area contributed by atoms with E-state index < -0.39 is 0 Å². The van der Waals surface area contributed by atoms with Crippen molar-refractivity contribution >= 4 is 0 Å². The van der Waals surface area contributed by atoms with Crippen molar-refractivity contribution in [2.24, 2.45) is 5.92 Å². The van der Waals surface area contributed by atoms with Crippen LogP contribution in [0.3, 0.4) is 0 Å². The molecule has 1 aliphatic rings. The van der Waals surface area contributed by atoms with E-state index in [0.29, 0.717) is 0 Å². The van der Waals surface area contributed by atoms with Crippen molar-refractivity contribution < 1.29 is 0 Å². The molecule has 0 bridgehead atoms. The van der Waals surface area contributed by atoms with E-state index in [4.69, 9.17) is 0 Å². The molecular weight excluding hydrogens is 148 g/mol. The Kier molecular flexibility index (Phi) is 4.02. The van der Waals surface area contributed by atoms with Gasteiger partial charge >= 0.3 is 0 Å². The minimum absolute atomic E-state index is 0.726. The number of likely N-dealkylation sites (tertiary alicyclic amines) is 1. The summed E-state index contributed by atoms with van der Waals surface area (Å²) in [4.78, 5) is 2.55. The summed E-state index contributed by atoms with van der Waals surface area (Å²) >= 11 is 0. The van der Waals surface area contributed by atoms with Gasteiger partial charge in [0.05, 0.1) is 0 Å². The summed E-state index contributed by atoms with van der Waals surface area (Å²) < 4.78 is 0. The molecule has 0 aromatic rings. The van der Waals surface area contributed by atoms with Crippen LogP contribution in [0, 0.1) is 5.92 Å². The molecule has 2 unspecified atom stereocenters. The number of hydrogen-bond acceptors (Lipinski definition) is 2. The Bertz CT molecular complexity index is 95.2. The van der Waals surface area contributed by atoms with E-state index in [-0.39, 0.29) is 0 Å². The van der Waals surface area contributed by atoms with Gasteiger partial charge in [-0.1, -0.05) is 20.3 Å². The fourth-order valence-electron chi connectivity index (χ4n) is 2.07. The molecule has 1 saturated heterocycles. The molecule has 72 valence electrons. The van der Waals surface area contributed by atoms with E-state index in [9.17, 15) is 0 Å². The van der Waals surface area contributed by atoms with Gasteiger partial charge < -0.3 is 10.2 Å². The van der Waals surface area contributed by atoms with Crippen LogP contribution >= 0.6 is 0 Å². The van der Waals surface area contributed by atoms with Gasteiger partial charge in [0.2, 0.25) is 0 Å². The third-order valence-corrected chi connectivity index (χ3v) is 3.05. The van der Waals surface area contributed by atoms with Crippen molar-refractivity contribution in [1.29, 1.82) is 0 Å². The van der Waals surface area contributed by atoms with Crippen LogP contribution in [0.1, 0.15) is 26.7 Å². The number of likely N-dealkylation sites (N-methyl/N-ethyl adjacent to an activating group) is 2. The Morgan fingerprint density at radius 2 is 2.08 bits per heavy atom. The Hall–Kier alpha value is -0.0800. The van der Waals surface area contributed by atoms with E-state index in [0.717, 1.165) is 12.0 Å². The normalized spacial score (nSPS) is 32.2. The quantitative estimate of drug-likeness (QED) is 0.687. The van der Waals surface area contributed by atoms with Crippen molar-refractivity contribution in [1.82, 2.24) is 10.2 Å². The molecular formula is C10H22N2. The predicted octanol–water partition coefficient (Wildman–Crippen LogP) is 1.33. The predicted molar refractivity (Wildman–Crippen MR) is 53.4 cm³/mol. The lowest BCUT2D eigenvalue weighted by Crippen LogP contribution is -2.47. The highest BCUT2D eigenvalue weighted by atomic mass is 15.2. The number of nitrogens with one attached hydrogen (secondary N) is 1. The summed E-state index contributed by atoms with van der Waals surface area (Å²) in [7, 11) is 2.08. The molecule has 0 radical (unpaired) electrons. The Labute approximate surface area is 76.3 Å². The lowest BCUT2D eigenvalue weighted by atomic mass is 9.92. The maximum absolute atomic E-state index is 3.39. The van der Waals surface area contributed by atoms with Crippen molar-refractivity contribution in [3.05, 3.63) is 0 Å². The molecule has 12 heavy (non-hydrogen) atoms. The molecule has 2 heteroatoms. The first-order valence-electron chi connectivity index (χ1n) is 5.19. The third kappa shape index (κ3) is 2.46. The van der Waals surface area contributed by atoms with Gasteiger partial charge in [0.25, 0.3) is 0 Å². The summed E-state index contributed by atoms with van der Waals surface area (Å²) in [5, 5.41) is 3.39. The minimum atomic E-state index is 0.726. The highest BCUT2D eigenvalue weighted by Gasteiger charge is 2.23. The summed E-state index contributed by atoms with van der Waals surface area (Å²) in [6, 6.07) is 0.726. The second-order valence-electron chi connectivity index (χ2n) is 3.85. The first kappa shape index (κ1) is 10.0. The van der Waals surface area contributed by atoms with E-state index in [1.165, 1.54) is 32.5 Å². The first-order chi connectivity index (χ1) is 5.80. The molecule has 1 N–H and O–H groups in total. The standard InChI is InChI=1S/C10H22N2/c1-4-9-6-10(11-3)8-12(5-2)7-9/h9-11H,4-8H2,1-3H3. The molecule has 0 aliphatic carbocycles. The molecule has 2 nitrogen and oxygen atoms in total. The van der Waals surface area contributed by atoms with Crippen LogP contribution in [0.5, 0.6) is 0 Å². The number of piperidine rings is 1. The van der Waals surface area contributed by atoms with Gasteiger partial charge in [0, 0.05) is 19.1 Å². The van der Waals surface area contributed by atoms with E-state index >= 15 is 0 Å². The summed E-state index contributed by atoms with van der Waals surface area (Å²) in [6.07, 6.45) is 2.69. The van der Waals surface area contributed by atoms with Crippen LogP contribution in [0.15, 0.2) is 0 Å². The Morgan fingerprint density at radius 1 is 1.33 bits per heavy atom. The largest absolute Gasteiger partial charge is 0.316 e. The molecule has 1 rings (SSSR count). The third-order valence-electron chi connectivity index (χ3n) is 3.05. The monoisotopic (exact) mass is 170 g/mol. The van der Waals surface area contributed by atoms with E-state index in [1.807, 2.05) is 0 Å². The average Bonchev–Trinajstić information content (AvgIpc) is 2.16. The second-order valence-corrected chi connectivity index (χ2v) is 3.85. The van der Waals surface area contributed by atoms with E-state index in [2.05, 4.69) is 31.1 Å². The zero-order valence-electron chi connectivity index (χ0n) is 8.64. The number of nitrogens with zero attached hydrogens (tertiary/aromatic N) is 1. The van der Waals surface area contributed by atoms with Crippen molar-refractivity contribution in [2.75, 3.05) is 26.7 Å². The second kappa shape index (κ2) is 4.83. The van der Waals surface area contributed by atoms with Gasteiger partial charge in [-0.15, -0.1) is 0 Å². The lowest BCUT2D eigenvalue weighted by molar-refractivity contribution is 0.148. The van der Waals surface area contributed by atoms with Gasteiger partial charge in [-0.2, -0.15) is 0 Å². The molecule has 1 heterocycles. The van der Waals surface area contributed by atoms with Crippen LogP contribution in [0.25, 0.3) is 0 Å². The molecule has 1 aliphatic heterocycles. The topological polar surface area (TPSA) is 15.3 Å². The zero-order chi connectivity index (χ0) is 8.97. The van der Waals surface area contributed by atoms with Crippen LogP contribution in [0.4, 0.5) is 0 Å². The van der Waals surface area contributed by atoms with E-state index in [1.54, 1.807) is 0 Å². The number of hydrogen-bond donors (Lipinski definition) is 1. The van der Waals surface area contributed by atoms with Crippen molar-refractivity contribution in [2.45, 2.75) is 32.7 Å². The maximum Gasteiger partial charge on any atom is 0.0195 e. The Balaban J connectivity index is 2.41. The van der Waals surface area contributed by atoms with Gasteiger partial charge in [0.1, 0.15) is 0 Å². The minimum Gasteiger partial charge on any atom is -0.316 e. The van der Waals surface area contributed by atoms with Crippen molar-refractivity contribution in [3.8, 4) is 0 Å². The lowest BCUT2D eigenvalue weighted by Gasteiger charge is -2.36. The SMILES string of the molecule is CCC1CC(NC)CN(CC)C1. The van der Waals surface area contributed by atoms with Crippen LogP contribution in [0.2, 0.25) is 0 Å². The zero-order valence-corrected chi connectivity index (χ0v) is 8.64. The fraction of sp³-hybridized carbons (Fsp3) is 1.00. The van der Waals surface area contributed by atoms with Crippen molar-refractivity contribution in [3.63, 3.8) is 0 Å². The average molecular weight is 170 g/mol. The van der Waals surface area contributed by atoms with Gasteiger partial charge in [0.15, 0.2) is 0 Å². The first-order valence-corrected chi connectivity index (χ1v) is 5.19. The number of rotatable bonds is 3. The van der Waals surface area contributed by atoms with Crippen LogP contribution < -0.4 is 5.32 Å². The molecule has 0 amide bonds. The van der Waals surface area contributed by atoms with Gasteiger partial charge in [-0.05, 0) is 25.9 Å².